The number of rotatable bonds is 2. The van der Waals surface area contributed by atoms with Gasteiger partial charge in [-0.1, -0.05) is 0 Å². The molecule has 1 saturated heterocycles. The number of nitrogens with one attached hydrogen (secondary N) is 1. The van der Waals surface area contributed by atoms with Crippen molar-refractivity contribution < 1.29 is 4.79 Å². The van der Waals surface area contributed by atoms with E-state index in [2.05, 4.69) is 22.4 Å². The van der Waals surface area contributed by atoms with Gasteiger partial charge in [-0.25, -0.2) is 0 Å². The molecule has 0 aliphatic carbocycles. The Hall–Kier alpha value is -1.36. The van der Waals surface area contributed by atoms with E-state index < -0.39 is 0 Å². The summed E-state index contributed by atoms with van der Waals surface area (Å²) in [6.45, 7) is 4.00. The SMILES string of the molecule is Cc1cc(C(=O)NC2CCN(C)CC2)n(C)n1. The molecule has 0 saturated carbocycles. The van der Waals surface area contributed by atoms with Crippen LogP contribution in [0.2, 0.25) is 0 Å². The molecule has 1 fully saturated rings. The van der Waals surface area contributed by atoms with Crippen LogP contribution in [-0.4, -0.2) is 46.8 Å². The summed E-state index contributed by atoms with van der Waals surface area (Å²) in [5.41, 5.74) is 1.52. The second-order valence-electron chi connectivity index (χ2n) is 4.85. The monoisotopic (exact) mass is 236 g/mol. The van der Waals surface area contributed by atoms with Crippen molar-refractivity contribution in [3.8, 4) is 0 Å². The molecule has 0 aromatic carbocycles. The van der Waals surface area contributed by atoms with Crippen molar-refractivity contribution in [3.63, 3.8) is 0 Å². The van der Waals surface area contributed by atoms with Gasteiger partial charge in [0.15, 0.2) is 0 Å². The van der Waals surface area contributed by atoms with Crippen molar-refractivity contribution in [3.05, 3.63) is 17.5 Å². The number of likely N-dealkylation sites (tertiary alicyclic amines) is 1. The van der Waals surface area contributed by atoms with Crippen LogP contribution in [0.3, 0.4) is 0 Å². The van der Waals surface area contributed by atoms with E-state index in [1.807, 2.05) is 13.0 Å². The Morgan fingerprint density at radius 1 is 1.41 bits per heavy atom. The van der Waals surface area contributed by atoms with Gasteiger partial charge in [0, 0.05) is 13.1 Å². The lowest BCUT2D eigenvalue weighted by molar-refractivity contribution is 0.0907. The maximum atomic E-state index is 12.0. The van der Waals surface area contributed by atoms with E-state index in [0.717, 1.165) is 31.6 Å². The third kappa shape index (κ3) is 2.85. The van der Waals surface area contributed by atoms with E-state index in [1.165, 1.54) is 0 Å². The molecule has 1 aromatic rings. The van der Waals surface area contributed by atoms with E-state index in [0.29, 0.717) is 11.7 Å². The minimum absolute atomic E-state index is 0.0114. The fourth-order valence-corrected chi connectivity index (χ4v) is 2.24. The van der Waals surface area contributed by atoms with Crippen LogP contribution in [0, 0.1) is 6.92 Å². The van der Waals surface area contributed by atoms with Crippen molar-refractivity contribution in [2.45, 2.75) is 25.8 Å². The Kier molecular flexibility index (Phi) is 3.47. The zero-order valence-corrected chi connectivity index (χ0v) is 10.7. The number of nitrogens with zero attached hydrogens (tertiary/aromatic N) is 3. The molecule has 5 heteroatoms. The molecule has 94 valence electrons. The summed E-state index contributed by atoms with van der Waals surface area (Å²) in [5, 5.41) is 7.27. The lowest BCUT2D eigenvalue weighted by atomic mass is 10.1. The predicted octanol–water partition coefficient (Wildman–Crippen LogP) is 0.553. The largest absolute Gasteiger partial charge is 0.348 e. The summed E-state index contributed by atoms with van der Waals surface area (Å²) >= 11 is 0. The summed E-state index contributed by atoms with van der Waals surface area (Å²) in [5.74, 6) is -0.0114. The van der Waals surface area contributed by atoms with E-state index >= 15 is 0 Å². The Balaban J connectivity index is 1.95. The molecule has 1 aliphatic heterocycles. The van der Waals surface area contributed by atoms with E-state index in [4.69, 9.17) is 0 Å². The summed E-state index contributed by atoms with van der Waals surface area (Å²) in [6, 6.07) is 2.12. The number of aryl methyl sites for hydroxylation is 2. The molecule has 1 N–H and O–H groups in total. The smallest absolute Gasteiger partial charge is 0.269 e. The number of aromatic nitrogens is 2. The molecule has 2 rings (SSSR count). The van der Waals surface area contributed by atoms with Crippen LogP contribution in [0.15, 0.2) is 6.07 Å². The molecule has 1 aromatic heterocycles. The molecule has 0 atom stereocenters. The normalized spacial score (nSPS) is 18.3. The van der Waals surface area contributed by atoms with Crippen molar-refractivity contribution in [2.75, 3.05) is 20.1 Å². The Morgan fingerprint density at radius 3 is 2.59 bits per heavy atom. The van der Waals surface area contributed by atoms with Gasteiger partial charge in [-0.2, -0.15) is 5.10 Å². The number of piperidine rings is 1. The Bertz CT molecular complexity index is 405. The lowest BCUT2D eigenvalue weighted by Gasteiger charge is -2.29. The maximum Gasteiger partial charge on any atom is 0.269 e. The summed E-state index contributed by atoms with van der Waals surface area (Å²) in [4.78, 5) is 14.3. The molecule has 2 heterocycles. The number of hydrogen-bond donors (Lipinski definition) is 1. The highest BCUT2D eigenvalue weighted by atomic mass is 16.2. The van der Waals surface area contributed by atoms with E-state index in [9.17, 15) is 4.79 Å². The van der Waals surface area contributed by atoms with Gasteiger partial charge in [-0.15, -0.1) is 0 Å². The van der Waals surface area contributed by atoms with Gasteiger partial charge >= 0.3 is 0 Å². The molecular weight excluding hydrogens is 216 g/mol. The number of hydrogen-bond acceptors (Lipinski definition) is 3. The van der Waals surface area contributed by atoms with Crippen molar-refractivity contribution in [1.29, 1.82) is 0 Å². The number of amides is 1. The van der Waals surface area contributed by atoms with Gasteiger partial charge in [-0.3, -0.25) is 9.48 Å². The zero-order chi connectivity index (χ0) is 12.4. The molecule has 1 aliphatic rings. The average molecular weight is 236 g/mol. The van der Waals surface area contributed by atoms with Crippen LogP contribution >= 0.6 is 0 Å². The summed E-state index contributed by atoms with van der Waals surface area (Å²) < 4.78 is 1.64. The summed E-state index contributed by atoms with van der Waals surface area (Å²) in [7, 11) is 3.92. The third-order valence-electron chi connectivity index (χ3n) is 3.29. The first-order chi connectivity index (χ1) is 8.06. The van der Waals surface area contributed by atoms with Gasteiger partial charge in [0.25, 0.3) is 5.91 Å². The number of carbonyl (C=O) groups is 1. The van der Waals surface area contributed by atoms with Crippen LogP contribution in [0.1, 0.15) is 29.0 Å². The van der Waals surface area contributed by atoms with Crippen LogP contribution in [-0.2, 0) is 7.05 Å². The first-order valence-electron chi connectivity index (χ1n) is 6.06. The molecule has 0 radical (unpaired) electrons. The van der Waals surface area contributed by atoms with E-state index in [1.54, 1.807) is 11.7 Å². The van der Waals surface area contributed by atoms with Crippen LogP contribution in [0.25, 0.3) is 0 Å². The molecule has 17 heavy (non-hydrogen) atoms. The first kappa shape index (κ1) is 12.1. The van der Waals surface area contributed by atoms with Gasteiger partial charge in [0.2, 0.25) is 0 Å². The van der Waals surface area contributed by atoms with Crippen LogP contribution in [0.4, 0.5) is 0 Å². The maximum absolute atomic E-state index is 12.0. The number of carbonyl (C=O) groups excluding carboxylic acids is 1. The molecule has 0 unspecified atom stereocenters. The topological polar surface area (TPSA) is 50.2 Å². The third-order valence-corrected chi connectivity index (χ3v) is 3.29. The first-order valence-corrected chi connectivity index (χ1v) is 6.06. The molecular formula is C12H20N4O. The van der Waals surface area contributed by atoms with Crippen LogP contribution in [0.5, 0.6) is 0 Å². The summed E-state index contributed by atoms with van der Waals surface area (Å²) in [6.07, 6.45) is 2.05. The van der Waals surface area contributed by atoms with Gasteiger partial charge in [0.05, 0.1) is 5.69 Å². The lowest BCUT2D eigenvalue weighted by Crippen LogP contribution is -2.43. The van der Waals surface area contributed by atoms with Gasteiger partial charge < -0.3 is 10.2 Å². The Labute approximate surface area is 102 Å². The van der Waals surface area contributed by atoms with Gasteiger partial charge in [0.1, 0.15) is 5.69 Å². The second kappa shape index (κ2) is 4.87. The van der Waals surface area contributed by atoms with Gasteiger partial charge in [-0.05, 0) is 46.0 Å². The van der Waals surface area contributed by atoms with E-state index in [-0.39, 0.29) is 5.91 Å². The van der Waals surface area contributed by atoms with Crippen LogP contribution < -0.4 is 5.32 Å². The minimum Gasteiger partial charge on any atom is -0.348 e. The predicted molar refractivity (Wildman–Crippen MR) is 65.9 cm³/mol. The molecule has 1 amide bonds. The molecule has 0 bridgehead atoms. The zero-order valence-electron chi connectivity index (χ0n) is 10.7. The fourth-order valence-electron chi connectivity index (χ4n) is 2.24. The highest BCUT2D eigenvalue weighted by Crippen LogP contribution is 2.09. The standard InChI is InChI=1S/C12H20N4O/c1-9-8-11(16(3)14-9)12(17)13-10-4-6-15(2)7-5-10/h8,10H,4-7H2,1-3H3,(H,13,17). The minimum atomic E-state index is -0.0114. The highest BCUT2D eigenvalue weighted by molar-refractivity contribution is 5.92. The van der Waals surface area contributed by atoms with Crippen molar-refractivity contribution >= 4 is 5.91 Å². The second-order valence-corrected chi connectivity index (χ2v) is 4.85. The fraction of sp³-hybridized carbons (Fsp3) is 0.667. The Morgan fingerprint density at radius 2 is 2.06 bits per heavy atom. The quantitative estimate of drug-likeness (QED) is 0.816. The molecule has 0 spiro atoms. The van der Waals surface area contributed by atoms with Crippen molar-refractivity contribution in [2.24, 2.45) is 7.05 Å². The highest BCUT2D eigenvalue weighted by Gasteiger charge is 2.20. The molecule has 5 nitrogen and oxygen atoms in total. The average Bonchev–Trinajstić information content (AvgIpc) is 2.61. The van der Waals surface area contributed by atoms with Crippen molar-refractivity contribution in [1.82, 2.24) is 20.0 Å².